The number of rotatable bonds is 3. The molecule has 4 nitrogen and oxygen atoms in total. The zero-order valence-corrected chi connectivity index (χ0v) is 14.0. The first-order valence-electron chi connectivity index (χ1n) is 7.84. The maximum absolute atomic E-state index is 12.6. The quantitative estimate of drug-likeness (QED) is 0.795. The Morgan fingerprint density at radius 1 is 1.17 bits per heavy atom. The average molecular weight is 307 g/mol. The lowest BCUT2D eigenvalue weighted by Gasteiger charge is -2.11. The summed E-state index contributed by atoms with van der Waals surface area (Å²) in [4.78, 5) is 17.2. The van der Waals surface area contributed by atoms with Gasteiger partial charge in [-0.05, 0) is 43.2 Å². The van der Waals surface area contributed by atoms with Gasteiger partial charge in [0.1, 0.15) is 5.82 Å². The van der Waals surface area contributed by atoms with Crippen molar-refractivity contribution in [1.29, 1.82) is 0 Å². The van der Waals surface area contributed by atoms with E-state index in [-0.39, 0.29) is 5.91 Å². The Labute approximate surface area is 136 Å². The third-order valence-electron chi connectivity index (χ3n) is 4.27. The standard InChI is InChI=1S/C19H21N3O/c1-5-17-20-15-11-14(9-10-16(15)22(17)4)19(23)21-18-12(2)7-6-8-13(18)3/h6-11H,5H2,1-4H3,(H,21,23). The second-order valence-electron chi connectivity index (χ2n) is 5.87. The summed E-state index contributed by atoms with van der Waals surface area (Å²) in [6, 6.07) is 11.7. The minimum absolute atomic E-state index is 0.104. The van der Waals surface area contributed by atoms with Gasteiger partial charge in [-0.1, -0.05) is 25.1 Å². The van der Waals surface area contributed by atoms with E-state index in [0.29, 0.717) is 5.56 Å². The molecular weight excluding hydrogens is 286 g/mol. The van der Waals surface area contributed by atoms with Crippen molar-refractivity contribution >= 4 is 22.6 Å². The van der Waals surface area contributed by atoms with E-state index >= 15 is 0 Å². The average Bonchev–Trinajstić information content (AvgIpc) is 2.86. The van der Waals surface area contributed by atoms with Crippen LogP contribution >= 0.6 is 0 Å². The molecule has 1 N–H and O–H groups in total. The smallest absolute Gasteiger partial charge is 0.255 e. The predicted molar refractivity (Wildman–Crippen MR) is 94.0 cm³/mol. The maximum Gasteiger partial charge on any atom is 0.255 e. The lowest BCUT2D eigenvalue weighted by Crippen LogP contribution is -2.13. The molecule has 0 saturated heterocycles. The minimum atomic E-state index is -0.104. The van der Waals surface area contributed by atoms with Crippen LogP contribution in [0.25, 0.3) is 11.0 Å². The number of anilines is 1. The largest absolute Gasteiger partial charge is 0.331 e. The number of amides is 1. The summed E-state index contributed by atoms with van der Waals surface area (Å²) in [6.07, 6.45) is 0.870. The van der Waals surface area contributed by atoms with Crippen LogP contribution in [0, 0.1) is 13.8 Å². The van der Waals surface area contributed by atoms with E-state index in [9.17, 15) is 4.79 Å². The summed E-state index contributed by atoms with van der Waals surface area (Å²) in [5.74, 6) is 0.917. The third-order valence-corrected chi connectivity index (χ3v) is 4.27. The normalized spacial score (nSPS) is 11.0. The molecule has 0 radical (unpaired) electrons. The predicted octanol–water partition coefficient (Wildman–Crippen LogP) is 4.00. The second-order valence-corrected chi connectivity index (χ2v) is 5.87. The molecule has 4 heteroatoms. The fourth-order valence-electron chi connectivity index (χ4n) is 2.90. The van der Waals surface area contributed by atoms with Gasteiger partial charge in [-0.25, -0.2) is 4.98 Å². The molecule has 118 valence electrons. The number of aryl methyl sites for hydroxylation is 4. The topological polar surface area (TPSA) is 46.9 Å². The number of hydrogen-bond donors (Lipinski definition) is 1. The molecule has 3 rings (SSSR count). The summed E-state index contributed by atoms with van der Waals surface area (Å²) in [7, 11) is 2.00. The van der Waals surface area contributed by atoms with Crippen LogP contribution in [-0.2, 0) is 13.5 Å². The number of para-hydroxylation sites is 1. The Balaban J connectivity index is 1.95. The van der Waals surface area contributed by atoms with Gasteiger partial charge in [0.25, 0.3) is 5.91 Å². The number of nitrogens with one attached hydrogen (secondary N) is 1. The summed E-state index contributed by atoms with van der Waals surface area (Å²) < 4.78 is 2.07. The Morgan fingerprint density at radius 3 is 2.52 bits per heavy atom. The van der Waals surface area contributed by atoms with Gasteiger partial charge >= 0.3 is 0 Å². The number of fused-ring (bicyclic) bond motifs is 1. The first kappa shape index (κ1) is 15.3. The zero-order valence-electron chi connectivity index (χ0n) is 14.0. The molecule has 3 aromatic rings. The molecule has 0 aliphatic heterocycles. The molecule has 0 bridgehead atoms. The molecule has 2 aromatic carbocycles. The molecule has 0 atom stereocenters. The molecule has 1 amide bonds. The highest BCUT2D eigenvalue weighted by molar-refractivity contribution is 6.06. The number of carbonyl (C=O) groups is 1. The highest BCUT2D eigenvalue weighted by Crippen LogP contribution is 2.22. The number of hydrogen-bond acceptors (Lipinski definition) is 2. The van der Waals surface area contributed by atoms with Gasteiger partial charge in [0.05, 0.1) is 11.0 Å². The van der Waals surface area contributed by atoms with Crippen LogP contribution in [0.15, 0.2) is 36.4 Å². The molecule has 23 heavy (non-hydrogen) atoms. The molecule has 0 aliphatic rings. The van der Waals surface area contributed by atoms with Crippen LogP contribution in [0.4, 0.5) is 5.69 Å². The van der Waals surface area contributed by atoms with Gasteiger partial charge < -0.3 is 9.88 Å². The summed E-state index contributed by atoms with van der Waals surface area (Å²) in [5, 5.41) is 3.02. The van der Waals surface area contributed by atoms with E-state index in [0.717, 1.165) is 40.1 Å². The molecular formula is C19H21N3O. The van der Waals surface area contributed by atoms with E-state index in [2.05, 4.69) is 21.8 Å². The molecule has 0 fully saturated rings. The third kappa shape index (κ3) is 2.72. The Bertz CT molecular complexity index is 873. The molecule has 1 aromatic heterocycles. The van der Waals surface area contributed by atoms with Crippen LogP contribution in [0.3, 0.4) is 0 Å². The van der Waals surface area contributed by atoms with Crippen molar-refractivity contribution in [2.75, 3.05) is 5.32 Å². The van der Waals surface area contributed by atoms with Crippen LogP contribution in [0.1, 0.15) is 34.2 Å². The van der Waals surface area contributed by atoms with Crippen molar-refractivity contribution < 1.29 is 4.79 Å². The first-order valence-corrected chi connectivity index (χ1v) is 7.84. The molecule has 1 heterocycles. The van der Waals surface area contributed by atoms with E-state index in [1.54, 1.807) is 0 Å². The zero-order chi connectivity index (χ0) is 16.6. The number of carbonyl (C=O) groups excluding carboxylic acids is 1. The Hall–Kier alpha value is -2.62. The van der Waals surface area contributed by atoms with Gasteiger partial charge in [-0.2, -0.15) is 0 Å². The Morgan fingerprint density at radius 2 is 1.87 bits per heavy atom. The van der Waals surface area contributed by atoms with Crippen molar-refractivity contribution in [3.05, 3.63) is 58.9 Å². The van der Waals surface area contributed by atoms with Gasteiger partial charge in [0, 0.05) is 24.7 Å². The van der Waals surface area contributed by atoms with Crippen molar-refractivity contribution in [3.63, 3.8) is 0 Å². The maximum atomic E-state index is 12.6. The second kappa shape index (κ2) is 5.88. The van der Waals surface area contributed by atoms with Crippen LogP contribution in [-0.4, -0.2) is 15.5 Å². The van der Waals surface area contributed by atoms with E-state index < -0.39 is 0 Å². The number of benzene rings is 2. The van der Waals surface area contributed by atoms with Gasteiger partial charge in [0.2, 0.25) is 0 Å². The lowest BCUT2D eigenvalue weighted by molar-refractivity contribution is 0.102. The fourth-order valence-corrected chi connectivity index (χ4v) is 2.90. The SMILES string of the molecule is CCc1nc2cc(C(=O)Nc3c(C)cccc3C)ccc2n1C. The fraction of sp³-hybridized carbons (Fsp3) is 0.263. The number of nitrogens with zero attached hydrogens (tertiary/aromatic N) is 2. The molecule has 0 saturated carbocycles. The summed E-state index contributed by atoms with van der Waals surface area (Å²) >= 11 is 0. The van der Waals surface area contributed by atoms with E-state index in [4.69, 9.17) is 0 Å². The summed E-state index contributed by atoms with van der Waals surface area (Å²) in [5.41, 5.74) is 5.54. The van der Waals surface area contributed by atoms with Gasteiger partial charge in [-0.3, -0.25) is 4.79 Å². The first-order chi connectivity index (χ1) is 11.0. The van der Waals surface area contributed by atoms with Gasteiger partial charge in [-0.15, -0.1) is 0 Å². The van der Waals surface area contributed by atoms with Crippen LogP contribution in [0.5, 0.6) is 0 Å². The number of aromatic nitrogens is 2. The van der Waals surface area contributed by atoms with Crippen molar-refractivity contribution in [2.45, 2.75) is 27.2 Å². The summed E-state index contributed by atoms with van der Waals surface area (Å²) in [6.45, 7) is 6.08. The monoisotopic (exact) mass is 307 g/mol. The number of imidazole rings is 1. The van der Waals surface area contributed by atoms with E-state index in [1.807, 2.05) is 57.3 Å². The van der Waals surface area contributed by atoms with Gasteiger partial charge in [0.15, 0.2) is 0 Å². The van der Waals surface area contributed by atoms with Crippen molar-refractivity contribution in [3.8, 4) is 0 Å². The minimum Gasteiger partial charge on any atom is -0.331 e. The highest BCUT2D eigenvalue weighted by Gasteiger charge is 2.12. The van der Waals surface area contributed by atoms with Crippen LogP contribution in [0.2, 0.25) is 0 Å². The highest BCUT2D eigenvalue weighted by atomic mass is 16.1. The van der Waals surface area contributed by atoms with Crippen LogP contribution < -0.4 is 5.32 Å². The molecule has 0 aliphatic carbocycles. The van der Waals surface area contributed by atoms with Crippen molar-refractivity contribution in [2.24, 2.45) is 7.05 Å². The lowest BCUT2D eigenvalue weighted by atomic mass is 10.1. The molecule has 0 unspecified atom stereocenters. The molecule has 0 spiro atoms. The van der Waals surface area contributed by atoms with Crippen molar-refractivity contribution in [1.82, 2.24) is 9.55 Å². The Kier molecular flexibility index (Phi) is 3.90. The van der Waals surface area contributed by atoms with E-state index in [1.165, 1.54) is 0 Å².